The van der Waals surface area contributed by atoms with E-state index in [4.69, 9.17) is 0 Å². The van der Waals surface area contributed by atoms with Crippen molar-refractivity contribution in [2.75, 3.05) is 10.1 Å². The Bertz CT molecular complexity index is 650. The SMILES string of the molecule is Cn1cc(S(=O)(=O)Nc2ccc(CCBr)cc2)cn1. The summed E-state index contributed by atoms with van der Waals surface area (Å²) in [5.74, 6) is 0. The Hall–Kier alpha value is -1.34. The number of anilines is 1. The van der Waals surface area contributed by atoms with Crippen LogP contribution in [0.5, 0.6) is 0 Å². The Kier molecular flexibility index (Phi) is 4.26. The molecule has 0 bridgehead atoms. The maximum absolute atomic E-state index is 12.1. The second-order valence-electron chi connectivity index (χ2n) is 4.09. The van der Waals surface area contributed by atoms with Crippen molar-refractivity contribution < 1.29 is 8.42 Å². The van der Waals surface area contributed by atoms with Gasteiger partial charge in [-0.1, -0.05) is 28.1 Å². The van der Waals surface area contributed by atoms with Crippen molar-refractivity contribution in [3.63, 3.8) is 0 Å². The first-order valence-electron chi connectivity index (χ1n) is 5.67. The maximum Gasteiger partial charge on any atom is 0.265 e. The second kappa shape index (κ2) is 5.75. The van der Waals surface area contributed by atoms with Gasteiger partial charge in [-0.15, -0.1) is 0 Å². The number of hydrogen-bond donors (Lipinski definition) is 1. The summed E-state index contributed by atoms with van der Waals surface area (Å²) in [5, 5.41) is 4.74. The van der Waals surface area contributed by atoms with E-state index in [0.717, 1.165) is 17.3 Å². The molecule has 0 fully saturated rings. The predicted molar refractivity (Wildman–Crippen MR) is 78.0 cm³/mol. The van der Waals surface area contributed by atoms with E-state index in [9.17, 15) is 8.42 Å². The Morgan fingerprint density at radius 3 is 2.53 bits per heavy atom. The highest BCUT2D eigenvalue weighted by atomic mass is 79.9. The van der Waals surface area contributed by atoms with Crippen molar-refractivity contribution in [3.05, 3.63) is 42.2 Å². The molecule has 0 unspecified atom stereocenters. The summed E-state index contributed by atoms with van der Waals surface area (Å²) in [6.45, 7) is 0. The largest absolute Gasteiger partial charge is 0.280 e. The van der Waals surface area contributed by atoms with Gasteiger partial charge in [0.15, 0.2) is 0 Å². The Morgan fingerprint density at radius 1 is 1.32 bits per heavy atom. The van der Waals surface area contributed by atoms with Crippen molar-refractivity contribution in [1.29, 1.82) is 0 Å². The van der Waals surface area contributed by atoms with Crippen LogP contribution in [0.3, 0.4) is 0 Å². The van der Waals surface area contributed by atoms with Gasteiger partial charge >= 0.3 is 0 Å². The monoisotopic (exact) mass is 343 g/mol. The third-order valence-electron chi connectivity index (χ3n) is 2.58. The molecule has 5 nitrogen and oxygen atoms in total. The summed E-state index contributed by atoms with van der Waals surface area (Å²) in [4.78, 5) is 0.152. The van der Waals surface area contributed by atoms with E-state index in [2.05, 4.69) is 25.8 Å². The third-order valence-corrected chi connectivity index (χ3v) is 4.31. The molecule has 0 aliphatic heterocycles. The van der Waals surface area contributed by atoms with Crippen LogP contribution in [-0.2, 0) is 23.5 Å². The van der Waals surface area contributed by atoms with Gasteiger partial charge in [-0.2, -0.15) is 5.10 Å². The van der Waals surface area contributed by atoms with Gasteiger partial charge in [0.2, 0.25) is 0 Å². The Morgan fingerprint density at radius 2 is 2.00 bits per heavy atom. The van der Waals surface area contributed by atoms with E-state index >= 15 is 0 Å². The van der Waals surface area contributed by atoms with E-state index in [1.165, 1.54) is 17.1 Å². The van der Waals surface area contributed by atoms with Crippen LogP contribution >= 0.6 is 15.9 Å². The summed E-state index contributed by atoms with van der Waals surface area (Å²) in [6.07, 6.45) is 3.69. The van der Waals surface area contributed by atoms with Gasteiger partial charge in [-0.25, -0.2) is 8.42 Å². The molecule has 0 saturated heterocycles. The Labute approximate surface area is 120 Å². The van der Waals surface area contributed by atoms with Crippen LogP contribution in [0.1, 0.15) is 5.56 Å². The fraction of sp³-hybridized carbons (Fsp3) is 0.250. The number of alkyl halides is 1. The fourth-order valence-electron chi connectivity index (χ4n) is 1.60. The van der Waals surface area contributed by atoms with Crippen LogP contribution in [0.25, 0.3) is 0 Å². The highest BCUT2D eigenvalue weighted by Gasteiger charge is 2.15. The first-order valence-corrected chi connectivity index (χ1v) is 8.28. The van der Waals surface area contributed by atoms with Crippen molar-refractivity contribution >= 4 is 31.6 Å². The zero-order valence-electron chi connectivity index (χ0n) is 10.4. The van der Waals surface area contributed by atoms with Crippen molar-refractivity contribution in [2.45, 2.75) is 11.3 Å². The van der Waals surface area contributed by atoms with Crippen LogP contribution in [0.2, 0.25) is 0 Å². The number of sulfonamides is 1. The topological polar surface area (TPSA) is 64.0 Å². The number of nitrogens with zero attached hydrogens (tertiary/aromatic N) is 2. The van der Waals surface area contributed by atoms with Gasteiger partial charge in [0.05, 0.1) is 6.20 Å². The average Bonchev–Trinajstić information content (AvgIpc) is 2.79. The summed E-state index contributed by atoms with van der Waals surface area (Å²) < 4.78 is 28.1. The maximum atomic E-state index is 12.1. The van der Waals surface area contributed by atoms with Crippen LogP contribution < -0.4 is 4.72 Å². The minimum absolute atomic E-state index is 0.152. The molecular formula is C12H14BrN3O2S. The number of nitrogens with one attached hydrogen (secondary N) is 1. The number of benzene rings is 1. The molecule has 19 heavy (non-hydrogen) atoms. The molecule has 0 atom stereocenters. The smallest absolute Gasteiger partial charge is 0.265 e. The molecule has 0 saturated carbocycles. The summed E-state index contributed by atoms with van der Waals surface area (Å²) in [6, 6.07) is 7.32. The number of hydrogen-bond acceptors (Lipinski definition) is 3. The van der Waals surface area contributed by atoms with Gasteiger partial charge < -0.3 is 0 Å². The summed E-state index contributed by atoms with van der Waals surface area (Å²) >= 11 is 3.37. The summed E-state index contributed by atoms with van der Waals surface area (Å²) in [7, 11) is -1.89. The van der Waals surface area contributed by atoms with Crippen molar-refractivity contribution in [1.82, 2.24) is 9.78 Å². The van der Waals surface area contributed by atoms with Crippen molar-refractivity contribution in [3.8, 4) is 0 Å². The molecule has 2 aromatic rings. The molecular weight excluding hydrogens is 330 g/mol. The van der Waals surface area contributed by atoms with Crippen LogP contribution in [0.4, 0.5) is 5.69 Å². The normalized spacial score (nSPS) is 11.5. The fourth-order valence-corrected chi connectivity index (χ4v) is 3.10. The van der Waals surface area contributed by atoms with E-state index < -0.39 is 10.0 Å². The molecule has 0 aliphatic rings. The quantitative estimate of drug-likeness (QED) is 0.846. The number of aryl methyl sites for hydroxylation is 2. The summed E-state index contributed by atoms with van der Waals surface area (Å²) in [5.41, 5.74) is 1.70. The van der Waals surface area contributed by atoms with Crippen molar-refractivity contribution in [2.24, 2.45) is 7.05 Å². The van der Waals surface area contributed by atoms with Gasteiger partial charge in [-0.05, 0) is 24.1 Å². The minimum atomic E-state index is -3.56. The third kappa shape index (κ3) is 3.57. The first kappa shape index (κ1) is 14.1. The molecule has 1 aromatic heterocycles. The zero-order chi connectivity index (χ0) is 13.9. The molecule has 0 spiro atoms. The molecule has 0 amide bonds. The number of aromatic nitrogens is 2. The molecule has 0 radical (unpaired) electrons. The average molecular weight is 344 g/mol. The lowest BCUT2D eigenvalue weighted by Crippen LogP contribution is -2.12. The lowest BCUT2D eigenvalue weighted by Gasteiger charge is -2.06. The number of rotatable bonds is 5. The van der Waals surface area contributed by atoms with E-state index in [0.29, 0.717) is 5.69 Å². The molecule has 1 aromatic carbocycles. The Balaban J connectivity index is 2.16. The van der Waals surface area contributed by atoms with Gasteiger partial charge in [0.25, 0.3) is 10.0 Å². The minimum Gasteiger partial charge on any atom is -0.280 e. The second-order valence-corrected chi connectivity index (χ2v) is 6.57. The molecule has 102 valence electrons. The van der Waals surface area contributed by atoms with Gasteiger partial charge in [0.1, 0.15) is 4.90 Å². The molecule has 2 rings (SSSR count). The van der Waals surface area contributed by atoms with Crippen LogP contribution in [-0.4, -0.2) is 23.5 Å². The zero-order valence-corrected chi connectivity index (χ0v) is 12.8. The highest BCUT2D eigenvalue weighted by Crippen LogP contribution is 2.16. The number of halogens is 1. The molecule has 1 heterocycles. The highest BCUT2D eigenvalue weighted by molar-refractivity contribution is 9.09. The van der Waals surface area contributed by atoms with Crippen LogP contribution in [0, 0.1) is 0 Å². The van der Waals surface area contributed by atoms with E-state index in [1.807, 2.05) is 12.1 Å². The predicted octanol–water partition coefficient (Wildman–Crippen LogP) is 2.16. The first-order chi connectivity index (χ1) is 9.01. The molecule has 0 aliphatic carbocycles. The standard InChI is InChI=1S/C12H14BrN3O2S/c1-16-9-12(8-14-16)19(17,18)15-11-4-2-10(3-5-11)6-7-13/h2-5,8-9,15H,6-7H2,1H3. The lowest BCUT2D eigenvalue weighted by molar-refractivity contribution is 0.601. The van der Waals surface area contributed by atoms with Gasteiger partial charge in [0, 0.05) is 24.3 Å². The molecule has 7 heteroatoms. The molecule has 1 N–H and O–H groups in total. The van der Waals surface area contributed by atoms with Gasteiger partial charge in [-0.3, -0.25) is 9.40 Å². The van der Waals surface area contributed by atoms with E-state index in [-0.39, 0.29) is 4.90 Å². The lowest BCUT2D eigenvalue weighted by atomic mass is 10.2. The van der Waals surface area contributed by atoms with E-state index in [1.54, 1.807) is 19.2 Å². The van der Waals surface area contributed by atoms with Crippen LogP contribution in [0.15, 0.2) is 41.6 Å².